The fourth-order valence-corrected chi connectivity index (χ4v) is 2.61. The molecule has 0 aromatic heterocycles. The Labute approximate surface area is 166 Å². The van der Waals surface area contributed by atoms with Crippen LogP contribution >= 0.6 is 35.4 Å². The first-order valence-corrected chi connectivity index (χ1v) is 7.99. The topological polar surface area (TPSA) is 148 Å². The minimum Gasteiger partial charge on any atom is -0.505 e. The zero-order valence-electron chi connectivity index (χ0n) is 12.9. The van der Waals surface area contributed by atoms with E-state index in [2.05, 4.69) is 10.6 Å². The average molecular weight is 431 g/mol. The van der Waals surface area contributed by atoms with Crippen LogP contribution < -0.4 is 10.6 Å². The van der Waals surface area contributed by atoms with Crippen LogP contribution in [0.15, 0.2) is 30.3 Å². The largest absolute Gasteiger partial charge is 0.505 e. The van der Waals surface area contributed by atoms with Gasteiger partial charge < -0.3 is 10.4 Å². The van der Waals surface area contributed by atoms with Crippen LogP contribution in [0.25, 0.3) is 0 Å². The van der Waals surface area contributed by atoms with Gasteiger partial charge in [0.1, 0.15) is 0 Å². The molecular formula is C14H8Cl2N4O6S. The molecule has 0 unspecified atom stereocenters. The summed E-state index contributed by atoms with van der Waals surface area (Å²) >= 11 is 16.5. The number of rotatable bonds is 4. The number of hydrogen-bond acceptors (Lipinski definition) is 7. The lowest BCUT2D eigenvalue weighted by Gasteiger charge is -2.11. The second-order valence-electron chi connectivity index (χ2n) is 4.95. The van der Waals surface area contributed by atoms with Crippen LogP contribution in [0.2, 0.25) is 10.0 Å². The van der Waals surface area contributed by atoms with E-state index in [9.17, 15) is 30.1 Å². The van der Waals surface area contributed by atoms with Crippen molar-refractivity contribution in [3.8, 4) is 5.75 Å². The highest BCUT2D eigenvalue weighted by molar-refractivity contribution is 7.80. The zero-order valence-corrected chi connectivity index (χ0v) is 15.3. The Bertz CT molecular complexity index is 929. The maximum atomic E-state index is 12.2. The lowest BCUT2D eigenvalue weighted by molar-refractivity contribution is -0.394. The van der Waals surface area contributed by atoms with E-state index in [0.717, 1.165) is 18.2 Å². The smallest absolute Gasteiger partial charge is 0.277 e. The van der Waals surface area contributed by atoms with E-state index in [1.165, 1.54) is 12.1 Å². The number of phenols is 1. The number of nitro benzene ring substituents is 2. The van der Waals surface area contributed by atoms with Gasteiger partial charge in [0.25, 0.3) is 17.3 Å². The molecule has 13 heteroatoms. The number of anilines is 1. The number of aromatic hydroxyl groups is 1. The predicted molar refractivity (Wildman–Crippen MR) is 102 cm³/mol. The third-order valence-electron chi connectivity index (χ3n) is 3.09. The first-order chi connectivity index (χ1) is 12.6. The van der Waals surface area contributed by atoms with Crippen molar-refractivity contribution in [3.63, 3.8) is 0 Å². The summed E-state index contributed by atoms with van der Waals surface area (Å²) in [6.07, 6.45) is 0. The van der Waals surface area contributed by atoms with Crippen molar-refractivity contribution in [2.45, 2.75) is 0 Å². The van der Waals surface area contributed by atoms with Crippen molar-refractivity contribution in [1.82, 2.24) is 5.32 Å². The standard InChI is InChI=1S/C14H8Cl2N4O6S/c15-10-3-7(4-11(16)12(10)21)17-14(27)18-13(22)6-1-8(19(23)24)5-9(2-6)20(25)26/h1-5,21H,(H2,17,18,22,27). The Morgan fingerprint density at radius 3 is 1.93 bits per heavy atom. The molecule has 0 saturated heterocycles. The second kappa shape index (κ2) is 8.12. The molecule has 0 aliphatic rings. The summed E-state index contributed by atoms with van der Waals surface area (Å²) in [5, 5.41) is 35.7. The van der Waals surface area contributed by atoms with Gasteiger partial charge in [-0.1, -0.05) is 23.2 Å². The molecule has 2 aromatic rings. The summed E-state index contributed by atoms with van der Waals surface area (Å²) in [5.74, 6) is -1.24. The van der Waals surface area contributed by atoms with Crippen LogP contribution in [-0.4, -0.2) is 26.0 Å². The van der Waals surface area contributed by atoms with Crippen LogP contribution in [-0.2, 0) is 0 Å². The number of amides is 1. The minimum absolute atomic E-state index is 0.0616. The molecule has 0 spiro atoms. The van der Waals surface area contributed by atoms with Gasteiger partial charge in [0.2, 0.25) is 0 Å². The number of phenolic OH excluding ortho intramolecular Hbond substituents is 1. The number of halogens is 2. The number of nitrogens with one attached hydrogen (secondary N) is 2. The van der Waals surface area contributed by atoms with Crippen molar-refractivity contribution in [1.29, 1.82) is 0 Å². The van der Waals surface area contributed by atoms with Gasteiger partial charge in [0.05, 0.1) is 31.5 Å². The highest BCUT2D eigenvalue weighted by Crippen LogP contribution is 2.34. The average Bonchev–Trinajstić information content (AvgIpc) is 2.58. The minimum atomic E-state index is -0.907. The molecule has 0 heterocycles. The van der Waals surface area contributed by atoms with Gasteiger partial charge >= 0.3 is 0 Å². The molecule has 0 aliphatic heterocycles. The van der Waals surface area contributed by atoms with Gasteiger partial charge in [0.15, 0.2) is 10.9 Å². The van der Waals surface area contributed by atoms with Gasteiger partial charge in [-0.3, -0.25) is 30.3 Å². The second-order valence-corrected chi connectivity index (χ2v) is 6.17. The highest BCUT2D eigenvalue weighted by atomic mass is 35.5. The molecule has 140 valence electrons. The van der Waals surface area contributed by atoms with Crippen LogP contribution in [0, 0.1) is 20.2 Å². The number of hydrogen-bond donors (Lipinski definition) is 3. The lowest BCUT2D eigenvalue weighted by atomic mass is 10.1. The van der Waals surface area contributed by atoms with E-state index >= 15 is 0 Å². The van der Waals surface area contributed by atoms with Gasteiger partial charge in [0, 0.05) is 17.8 Å². The molecule has 0 radical (unpaired) electrons. The normalized spacial score (nSPS) is 10.1. The molecule has 27 heavy (non-hydrogen) atoms. The summed E-state index contributed by atoms with van der Waals surface area (Å²) < 4.78 is 0. The van der Waals surface area contributed by atoms with Crippen molar-refractivity contribution < 1.29 is 19.7 Å². The summed E-state index contributed by atoms with van der Waals surface area (Å²) in [7, 11) is 0. The fourth-order valence-electron chi connectivity index (χ4n) is 1.91. The summed E-state index contributed by atoms with van der Waals surface area (Å²) in [6.45, 7) is 0. The molecular weight excluding hydrogens is 423 g/mol. The SMILES string of the molecule is O=C(NC(=S)Nc1cc(Cl)c(O)c(Cl)c1)c1cc([N+](=O)[O-])cc([N+](=O)[O-])c1. The molecule has 0 saturated carbocycles. The highest BCUT2D eigenvalue weighted by Gasteiger charge is 2.20. The van der Waals surface area contributed by atoms with Crippen molar-refractivity contribution in [3.05, 3.63) is 66.2 Å². The molecule has 2 rings (SSSR count). The molecule has 0 bridgehead atoms. The van der Waals surface area contributed by atoms with E-state index in [1.807, 2.05) is 0 Å². The lowest BCUT2D eigenvalue weighted by Crippen LogP contribution is -2.34. The molecule has 10 nitrogen and oxygen atoms in total. The number of thiocarbonyl (C=S) groups is 1. The van der Waals surface area contributed by atoms with Gasteiger partial charge in [-0.05, 0) is 24.4 Å². The van der Waals surface area contributed by atoms with Crippen LogP contribution in [0.1, 0.15) is 10.4 Å². The number of benzene rings is 2. The van der Waals surface area contributed by atoms with E-state index in [0.29, 0.717) is 0 Å². The summed E-state index contributed by atoms with van der Waals surface area (Å²) in [4.78, 5) is 32.2. The molecule has 1 amide bonds. The van der Waals surface area contributed by atoms with Crippen molar-refractivity contribution >= 4 is 63.5 Å². The van der Waals surface area contributed by atoms with Crippen LogP contribution in [0.4, 0.5) is 17.1 Å². The Hall–Kier alpha value is -3.02. The summed E-state index contributed by atoms with van der Waals surface area (Å²) in [5.41, 5.74) is -1.32. The molecule has 2 aromatic carbocycles. The molecule has 0 fully saturated rings. The Morgan fingerprint density at radius 1 is 1.00 bits per heavy atom. The molecule has 0 atom stereocenters. The van der Waals surface area contributed by atoms with Crippen molar-refractivity contribution in [2.75, 3.05) is 5.32 Å². The van der Waals surface area contributed by atoms with Crippen LogP contribution in [0.3, 0.4) is 0 Å². The van der Waals surface area contributed by atoms with Gasteiger partial charge in [-0.25, -0.2) is 0 Å². The van der Waals surface area contributed by atoms with Crippen LogP contribution in [0.5, 0.6) is 5.75 Å². The molecule has 0 aliphatic carbocycles. The van der Waals surface area contributed by atoms with E-state index in [-0.39, 0.29) is 32.2 Å². The number of nitro groups is 2. The fraction of sp³-hybridized carbons (Fsp3) is 0. The van der Waals surface area contributed by atoms with Gasteiger partial charge in [-0.15, -0.1) is 0 Å². The third-order valence-corrected chi connectivity index (χ3v) is 3.87. The summed E-state index contributed by atoms with van der Waals surface area (Å²) in [6, 6.07) is 5.06. The number of non-ortho nitro benzene ring substituents is 2. The van der Waals surface area contributed by atoms with Gasteiger partial charge in [-0.2, -0.15) is 0 Å². The third kappa shape index (κ3) is 5.00. The maximum Gasteiger partial charge on any atom is 0.277 e. The van der Waals surface area contributed by atoms with E-state index in [1.54, 1.807) is 0 Å². The Kier molecular flexibility index (Phi) is 6.10. The Balaban J connectivity index is 2.20. The quantitative estimate of drug-likeness (QED) is 0.288. The Morgan fingerprint density at radius 2 is 1.48 bits per heavy atom. The number of carbonyl (C=O) groups excluding carboxylic acids is 1. The van der Waals surface area contributed by atoms with E-state index in [4.69, 9.17) is 35.4 Å². The predicted octanol–water partition coefficient (Wildman–Crippen LogP) is 3.64. The zero-order chi connectivity index (χ0) is 20.3. The number of carbonyl (C=O) groups is 1. The first-order valence-electron chi connectivity index (χ1n) is 6.82. The monoisotopic (exact) mass is 430 g/mol. The number of nitrogens with zero attached hydrogens (tertiary/aromatic N) is 2. The first kappa shape index (κ1) is 20.3. The molecule has 3 N–H and O–H groups in total. The maximum absolute atomic E-state index is 12.2. The van der Waals surface area contributed by atoms with E-state index < -0.39 is 27.1 Å². The van der Waals surface area contributed by atoms with Crippen molar-refractivity contribution in [2.24, 2.45) is 0 Å².